The van der Waals surface area contributed by atoms with E-state index in [2.05, 4.69) is 46.8 Å². The Labute approximate surface area is 206 Å². The molecule has 3 amide bonds. The van der Waals surface area contributed by atoms with E-state index in [0.717, 1.165) is 32.5 Å². The molecule has 2 saturated heterocycles. The number of carbonyl (C=O) groups is 3. The molecular weight excluding hydrogens is 440 g/mol. The van der Waals surface area contributed by atoms with Crippen LogP contribution >= 0.6 is 0 Å². The van der Waals surface area contributed by atoms with Gasteiger partial charge in [-0.25, -0.2) is 5.01 Å². The van der Waals surface area contributed by atoms with Gasteiger partial charge in [0.25, 0.3) is 5.91 Å². The third-order valence-corrected chi connectivity index (χ3v) is 7.31. The topological polar surface area (TPSA) is 81.8 Å². The minimum atomic E-state index is -0.351. The molecule has 5 rings (SSSR count). The lowest BCUT2D eigenvalue weighted by atomic mass is 9.80. The van der Waals surface area contributed by atoms with E-state index in [0.29, 0.717) is 24.1 Å². The van der Waals surface area contributed by atoms with Crippen LogP contribution < -0.4 is 15.8 Å². The Morgan fingerprint density at radius 3 is 2.51 bits per heavy atom. The smallest absolute Gasteiger partial charge is 0.251 e. The molecule has 1 aliphatic carbocycles. The number of fused-ring (bicyclic) bond motifs is 1. The van der Waals surface area contributed by atoms with E-state index in [1.807, 2.05) is 12.2 Å². The fourth-order valence-corrected chi connectivity index (χ4v) is 5.34. The number of aryl methyl sites for hydroxylation is 1. The maximum absolute atomic E-state index is 13.1. The van der Waals surface area contributed by atoms with Gasteiger partial charge >= 0.3 is 0 Å². The summed E-state index contributed by atoms with van der Waals surface area (Å²) in [7, 11) is 0. The lowest BCUT2D eigenvalue weighted by Gasteiger charge is -2.38. The van der Waals surface area contributed by atoms with Crippen molar-refractivity contribution in [3.63, 3.8) is 0 Å². The van der Waals surface area contributed by atoms with Crippen LogP contribution in [0.5, 0.6) is 0 Å². The summed E-state index contributed by atoms with van der Waals surface area (Å²) in [4.78, 5) is 41.1. The van der Waals surface area contributed by atoms with Crippen LogP contribution in [0.15, 0.2) is 60.7 Å². The van der Waals surface area contributed by atoms with Gasteiger partial charge in [-0.2, -0.15) is 0 Å². The molecule has 2 aromatic rings. The number of hydrazine groups is 1. The minimum Gasteiger partial charge on any atom is -0.349 e. The zero-order valence-corrected chi connectivity index (χ0v) is 20.1. The van der Waals surface area contributed by atoms with Crippen LogP contribution in [0.4, 0.5) is 5.69 Å². The fraction of sp³-hybridized carbons (Fsp3) is 0.393. The quantitative estimate of drug-likeness (QED) is 0.654. The number of likely N-dealkylation sites (tertiary alicyclic amines) is 1. The van der Waals surface area contributed by atoms with Gasteiger partial charge in [0.05, 0.1) is 17.5 Å². The van der Waals surface area contributed by atoms with E-state index in [-0.39, 0.29) is 35.6 Å². The monoisotopic (exact) mass is 472 g/mol. The van der Waals surface area contributed by atoms with Gasteiger partial charge in [0.2, 0.25) is 11.8 Å². The average molecular weight is 473 g/mol. The predicted octanol–water partition coefficient (Wildman–Crippen LogP) is 3.35. The number of hydrogen-bond acceptors (Lipinski definition) is 4. The van der Waals surface area contributed by atoms with Gasteiger partial charge in [-0.1, -0.05) is 48.0 Å². The first-order valence-electron chi connectivity index (χ1n) is 12.5. The number of nitrogens with one attached hydrogen (secondary N) is 2. The molecule has 35 heavy (non-hydrogen) atoms. The number of anilines is 1. The van der Waals surface area contributed by atoms with Crippen LogP contribution in [0.2, 0.25) is 0 Å². The van der Waals surface area contributed by atoms with Crippen LogP contribution in [0.3, 0.4) is 0 Å². The highest BCUT2D eigenvalue weighted by Gasteiger charge is 2.42. The minimum absolute atomic E-state index is 0.117. The molecule has 7 heteroatoms. The number of benzene rings is 2. The van der Waals surface area contributed by atoms with E-state index >= 15 is 0 Å². The highest BCUT2D eigenvalue weighted by molar-refractivity contribution is 6.05. The Bertz CT molecular complexity index is 1150. The van der Waals surface area contributed by atoms with E-state index in [9.17, 15) is 14.4 Å². The molecule has 2 aliphatic heterocycles. The largest absolute Gasteiger partial charge is 0.349 e. The van der Waals surface area contributed by atoms with Crippen molar-refractivity contribution in [3.8, 4) is 0 Å². The Kier molecular flexibility index (Phi) is 6.68. The van der Waals surface area contributed by atoms with Gasteiger partial charge in [-0.05, 0) is 56.4 Å². The maximum atomic E-state index is 13.1. The molecule has 2 atom stereocenters. The zero-order chi connectivity index (χ0) is 24.4. The van der Waals surface area contributed by atoms with Crippen molar-refractivity contribution in [2.75, 3.05) is 18.1 Å². The van der Waals surface area contributed by atoms with Crippen molar-refractivity contribution in [2.24, 2.45) is 11.8 Å². The molecule has 182 valence electrons. The van der Waals surface area contributed by atoms with Crippen LogP contribution in [0.25, 0.3) is 0 Å². The number of nitrogens with zero attached hydrogens (tertiary/aromatic N) is 2. The van der Waals surface area contributed by atoms with Gasteiger partial charge in [0.15, 0.2) is 0 Å². The molecule has 0 aromatic heterocycles. The first-order chi connectivity index (χ1) is 17.0. The van der Waals surface area contributed by atoms with Crippen molar-refractivity contribution in [2.45, 2.75) is 45.2 Å². The molecule has 0 bridgehead atoms. The summed E-state index contributed by atoms with van der Waals surface area (Å²) in [6, 6.07) is 15.6. The van der Waals surface area contributed by atoms with Crippen LogP contribution in [0.1, 0.15) is 47.2 Å². The molecule has 2 unspecified atom stereocenters. The lowest BCUT2D eigenvalue weighted by molar-refractivity contribution is -0.139. The van der Waals surface area contributed by atoms with Gasteiger partial charge in [0, 0.05) is 31.2 Å². The van der Waals surface area contributed by atoms with Crippen molar-refractivity contribution >= 4 is 23.4 Å². The van der Waals surface area contributed by atoms with Crippen LogP contribution in [0, 0.1) is 18.8 Å². The predicted molar refractivity (Wildman–Crippen MR) is 134 cm³/mol. The average Bonchev–Trinajstić information content (AvgIpc) is 2.87. The van der Waals surface area contributed by atoms with Gasteiger partial charge < -0.3 is 5.32 Å². The first-order valence-corrected chi connectivity index (χ1v) is 12.5. The molecule has 2 heterocycles. The Hall–Kier alpha value is -3.45. The highest BCUT2D eigenvalue weighted by atomic mass is 16.2. The fourth-order valence-electron chi connectivity index (χ4n) is 5.34. The van der Waals surface area contributed by atoms with Crippen molar-refractivity contribution in [1.29, 1.82) is 0 Å². The lowest BCUT2D eigenvalue weighted by Crippen LogP contribution is -2.59. The molecule has 7 nitrogen and oxygen atoms in total. The summed E-state index contributed by atoms with van der Waals surface area (Å²) in [5.41, 5.74) is 6.32. The molecule has 2 N–H and O–H groups in total. The summed E-state index contributed by atoms with van der Waals surface area (Å²) in [6.45, 7) is 4.91. The number of carbonyl (C=O) groups excluding carboxylic acids is 3. The highest BCUT2D eigenvalue weighted by Crippen LogP contribution is 2.32. The molecular formula is C28H32N4O3. The first kappa shape index (κ1) is 23.3. The number of allylic oxidation sites excluding steroid dienone is 2. The second kappa shape index (κ2) is 10.0. The van der Waals surface area contributed by atoms with Gasteiger partial charge in [-0.3, -0.25) is 24.7 Å². The van der Waals surface area contributed by atoms with Crippen molar-refractivity contribution in [3.05, 3.63) is 77.4 Å². The normalized spacial score (nSPS) is 23.1. The molecule has 2 aromatic carbocycles. The summed E-state index contributed by atoms with van der Waals surface area (Å²) in [5, 5.41) is 4.47. The standard InChI is InChI=1S/C28H32N4O3/c1-19-6-4-7-20(16-19)18-31-14-12-22(13-15-31)29-26(33)21-8-5-9-23(17-21)32-28(35)25-11-3-2-10-24(25)27(34)30-32/h2-9,16-17,22,24-25H,10-15,18H2,1H3,(H,29,33)(H,30,34). The Balaban J connectivity index is 1.19. The number of rotatable bonds is 5. The second-order valence-corrected chi connectivity index (χ2v) is 9.87. The summed E-state index contributed by atoms with van der Waals surface area (Å²) >= 11 is 0. The zero-order valence-electron chi connectivity index (χ0n) is 20.1. The van der Waals surface area contributed by atoms with Crippen molar-refractivity contribution in [1.82, 2.24) is 15.6 Å². The third-order valence-electron chi connectivity index (χ3n) is 7.31. The molecule has 0 spiro atoms. The molecule has 0 radical (unpaired) electrons. The van der Waals surface area contributed by atoms with Crippen LogP contribution in [-0.2, 0) is 16.1 Å². The molecule has 2 fully saturated rings. The van der Waals surface area contributed by atoms with E-state index in [1.165, 1.54) is 16.1 Å². The molecule has 3 aliphatic rings. The number of amides is 3. The van der Waals surface area contributed by atoms with E-state index in [4.69, 9.17) is 0 Å². The summed E-state index contributed by atoms with van der Waals surface area (Å²) < 4.78 is 0. The summed E-state index contributed by atoms with van der Waals surface area (Å²) in [5.74, 6) is -1.09. The third kappa shape index (κ3) is 5.15. The van der Waals surface area contributed by atoms with E-state index < -0.39 is 0 Å². The number of hydrogen-bond donors (Lipinski definition) is 2. The van der Waals surface area contributed by atoms with Gasteiger partial charge in [-0.15, -0.1) is 0 Å². The summed E-state index contributed by atoms with van der Waals surface area (Å²) in [6.07, 6.45) is 6.87. The Morgan fingerprint density at radius 2 is 1.74 bits per heavy atom. The van der Waals surface area contributed by atoms with Crippen LogP contribution in [-0.4, -0.2) is 41.8 Å². The number of piperidine rings is 1. The second-order valence-electron chi connectivity index (χ2n) is 9.87. The van der Waals surface area contributed by atoms with Crippen molar-refractivity contribution < 1.29 is 14.4 Å². The van der Waals surface area contributed by atoms with E-state index in [1.54, 1.807) is 24.3 Å². The van der Waals surface area contributed by atoms with Gasteiger partial charge in [0.1, 0.15) is 0 Å². The Morgan fingerprint density at radius 1 is 1.00 bits per heavy atom. The maximum Gasteiger partial charge on any atom is 0.251 e. The molecule has 0 saturated carbocycles. The SMILES string of the molecule is Cc1cccc(CN2CCC(NC(=O)c3cccc(N4NC(=O)C5CC=CCC5C4=O)c3)CC2)c1.